The van der Waals surface area contributed by atoms with Crippen molar-refractivity contribution in [3.63, 3.8) is 0 Å². The topological polar surface area (TPSA) is 20.2 Å². The molecule has 1 rings (SSSR count). The van der Waals surface area contributed by atoms with Crippen molar-refractivity contribution < 1.29 is 5.11 Å². The molecular formula is C10H20O. The van der Waals surface area contributed by atoms with Gasteiger partial charge in [-0.25, -0.2) is 0 Å². The summed E-state index contributed by atoms with van der Waals surface area (Å²) < 4.78 is 0. The van der Waals surface area contributed by atoms with Crippen LogP contribution in [0.1, 0.15) is 33.6 Å². The highest BCUT2D eigenvalue weighted by Gasteiger charge is 2.29. The first kappa shape index (κ1) is 9.05. The van der Waals surface area contributed by atoms with Crippen molar-refractivity contribution in [2.45, 2.75) is 33.6 Å². The molecular weight excluding hydrogens is 136 g/mol. The van der Waals surface area contributed by atoms with Crippen LogP contribution >= 0.6 is 0 Å². The molecule has 0 spiro atoms. The minimum atomic E-state index is 0.385. The van der Waals surface area contributed by atoms with Crippen molar-refractivity contribution in [2.75, 3.05) is 6.61 Å². The molecule has 0 heterocycles. The van der Waals surface area contributed by atoms with Gasteiger partial charge in [0.25, 0.3) is 0 Å². The van der Waals surface area contributed by atoms with Crippen LogP contribution in [0.15, 0.2) is 0 Å². The van der Waals surface area contributed by atoms with Crippen LogP contribution in [0.2, 0.25) is 0 Å². The summed E-state index contributed by atoms with van der Waals surface area (Å²) in [5, 5.41) is 9.10. The van der Waals surface area contributed by atoms with Gasteiger partial charge in [-0.05, 0) is 36.5 Å². The van der Waals surface area contributed by atoms with Crippen molar-refractivity contribution in [1.29, 1.82) is 0 Å². The molecule has 66 valence electrons. The molecule has 1 heteroatoms. The standard InChI is InChI=1S/C10H20O/c1-7-4-8(2)9(3)10(5-7)6-11/h7-11H,4-6H2,1-3H3/t7-,8-,9-,10-/m0/s1. The van der Waals surface area contributed by atoms with E-state index in [1.54, 1.807) is 0 Å². The fourth-order valence-corrected chi connectivity index (χ4v) is 2.38. The van der Waals surface area contributed by atoms with Gasteiger partial charge in [-0.2, -0.15) is 0 Å². The summed E-state index contributed by atoms with van der Waals surface area (Å²) in [6, 6.07) is 0. The third-order valence-corrected chi connectivity index (χ3v) is 3.35. The van der Waals surface area contributed by atoms with Gasteiger partial charge in [-0.15, -0.1) is 0 Å². The summed E-state index contributed by atoms with van der Waals surface area (Å²) in [5.41, 5.74) is 0. The minimum absolute atomic E-state index is 0.385. The second-order valence-electron chi connectivity index (χ2n) is 4.36. The number of aliphatic hydroxyl groups is 1. The van der Waals surface area contributed by atoms with Gasteiger partial charge in [0.1, 0.15) is 0 Å². The van der Waals surface area contributed by atoms with Crippen LogP contribution in [0.5, 0.6) is 0 Å². The molecule has 0 radical (unpaired) electrons. The monoisotopic (exact) mass is 156 g/mol. The first-order valence-corrected chi connectivity index (χ1v) is 4.76. The van der Waals surface area contributed by atoms with Crippen LogP contribution in [0, 0.1) is 23.7 Å². The number of hydrogen-bond acceptors (Lipinski definition) is 1. The quantitative estimate of drug-likeness (QED) is 0.617. The Morgan fingerprint density at radius 2 is 1.82 bits per heavy atom. The van der Waals surface area contributed by atoms with Crippen LogP contribution in [0.4, 0.5) is 0 Å². The first-order chi connectivity index (χ1) is 5.15. The van der Waals surface area contributed by atoms with E-state index in [4.69, 9.17) is 5.11 Å². The Hall–Kier alpha value is -0.0400. The molecule has 11 heavy (non-hydrogen) atoms. The highest BCUT2D eigenvalue weighted by atomic mass is 16.3. The molecule has 0 amide bonds. The normalized spacial score (nSPS) is 45.8. The van der Waals surface area contributed by atoms with Crippen LogP contribution in [-0.4, -0.2) is 11.7 Å². The van der Waals surface area contributed by atoms with Gasteiger partial charge in [-0.3, -0.25) is 0 Å². The van der Waals surface area contributed by atoms with Gasteiger partial charge in [-0.1, -0.05) is 20.8 Å². The summed E-state index contributed by atoms with van der Waals surface area (Å²) in [7, 11) is 0. The lowest BCUT2D eigenvalue weighted by Gasteiger charge is -2.36. The maximum atomic E-state index is 9.10. The van der Waals surface area contributed by atoms with E-state index in [-0.39, 0.29) is 0 Å². The van der Waals surface area contributed by atoms with Crippen molar-refractivity contribution in [3.8, 4) is 0 Å². The van der Waals surface area contributed by atoms with Crippen molar-refractivity contribution in [2.24, 2.45) is 23.7 Å². The molecule has 0 aromatic rings. The average Bonchev–Trinajstić information content (AvgIpc) is 1.96. The van der Waals surface area contributed by atoms with E-state index in [0.717, 1.165) is 17.8 Å². The zero-order valence-electron chi connectivity index (χ0n) is 7.88. The molecule has 1 fully saturated rings. The highest BCUT2D eigenvalue weighted by molar-refractivity contribution is 4.79. The Bertz CT molecular complexity index is 122. The van der Waals surface area contributed by atoms with E-state index in [1.807, 2.05) is 0 Å². The lowest BCUT2D eigenvalue weighted by atomic mass is 9.70. The van der Waals surface area contributed by atoms with Gasteiger partial charge in [0, 0.05) is 6.61 Å². The van der Waals surface area contributed by atoms with Crippen molar-refractivity contribution in [3.05, 3.63) is 0 Å². The van der Waals surface area contributed by atoms with E-state index in [9.17, 15) is 0 Å². The Morgan fingerprint density at radius 1 is 1.18 bits per heavy atom. The van der Waals surface area contributed by atoms with Crippen LogP contribution in [0.25, 0.3) is 0 Å². The second-order valence-corrected chi connectivity index (χ2v) is 4.36. The molecule has 0 aliphatic heterocycles. The number of hydrogen-bond donors (Lipinski definition) is 1. The summed E-state index contributed by atoms with van der Waals surface area (Å²) in [5.74, 6) is 2.90. The van der Waals surface area contributed by atoms with Gasteiger partial charge in [0.2, 0.25) is 0 Å². The third kappa shape index (κ3) is 1.96. The van der Waals surface area contributed by atoms with Crippen molar-refractivity contribution >= 4 is 0 Å². The maximum Gasteiger partial charge on any atom is 0.0462 e. The molecule has 1 nitrogen and oxygen atoms in total. The average molecular weight is 156 g/mol. The molecule has 0 aromatic heterocycles. The Labute approximate surface area is 69.8 Å². The van der Waals surface area contributed by atoms with Gasteiger partial charge in [0.05, 0.1) is 0 Å². The molecule has 0 aromatic carbocycles. The molecule has 1 N–H and O–H groups in total. The zero-order valence-corrected chi connectivity index (χ0v) is 7.88. The smallest absolute Gasteiger partial charge is 0.0462 e. The van der Waals surface area contributed by atoms with E-state index < -0.39 is 0 Å². The van der Waals surface area contributed by atoms with E-state index in [2.05, 4.69) is 20.8 Å². The predicted molar refractivity (Wildman–Crippen MR) is 47.3 cm³/mol. The SMILES string of the molecule is C[C@@H]1C[C@@H](CO)[C@@H](C)[C@@H](C)C1. The molecule has 0 bridgehead atoms. The highest BCUT2D eigenvalue weighted by Crippen LogP contribution is 2.37. The van der Waals surface area contributed by atoms with Gasteiger partial charge < -0.3 is 5.11 Å². The Morgan fingerprint density at radius 3 is 2.36 bits per heavy atom. The van der Waals surface area contributed by atoms with Gasteiger partial charge in [0.15, 0.2) is 0 Å². The molecule has 1 aliphatic carbocycles. The molecule has 1 saturated carbocycles. The van der Waals surface area contributed by atoms with E-state index in [1.165, 1.54) is 12.8 Å². The second kappa shape index (κ2) is 3.57. The minimum Gasteiger partial charge on any atom is -0.396 e. The maximum absolute atomic E-state index is 9.10. The fraction of sp³-hybridized carbons (Fsp3) is 1.00. The first-order valence-electron chi connectivity index (χ1n) is 4.76. The fourth-order valence-electron chi connectivity index (χ4n) is 2.38. The predicted octanol–water partition coefficient (Wildman–Crippen LogP) is 2.30. The summed E-state index contributed by atoms with van der Waals surface area (Å²) >= 11 is 0. The van der Waals surface area contributed by atoms with E-state index >= 15 is 0 Å². The summed E-state index contributed by atoms with van der Waals surface area (Å²) in [6.07, 6.45) is 2.57. The third-order valence-electron chi connectivity index (χ3n) is 3.35. The number of rotatable bonds is 1. The van der Waals surface area contributed by atoms with Crippen molar-refractivity contribution in [1.82, 2.24) is 0 Å². The molecule has 4 atom stereocenters. The summed E-state index contributed by atoms with van der Waals surface area (Å²) in [4.78, 5) is 0. The van der Waals surface area contributed by atoms with Gasteiger partial charge >= 0.3 is 0 Å². The zero-order chi connectivity index (χ0) is 8.43. The Balaban J connectivity index is 2.51. The number of aliphatic hydroxyl groups excluding tert-OH is 1. The lowest BCUT2D eigenvalue weighted by molar-refractivity contribution is 0.0811. The largest absolute Gasteiger partial charge is 0.396 e. The molecule has 0 unspecified atom stereocenters. The van der Waals surface area contributed by atoms with Crippen LogP contribution in [0.3, 0.4) is 0 Å². The molecule has 0 saturated heterocycles. The Kier molecular flexibility index (Phi) is 2.94. The lowest BCUT2D eigenvalue weighted by Crippen LogP contribution is -2.30. The summed E-state index contributed by atoms with van der Waals surface area (Å²) in [6.45, 7) is 7.27. The molecule has 1 aliphatic rings. The van der Waals surface area contributed by atoms with Crippen LogP contribution < -0.4 is 0 Å². The van der Waals surface area contributed by atoms with E-state index in [0.29, 0.717) is 12.5 Å². The van der Waals surface area contributed by atoms with Crippen LogP contribution in [-0.2, 0) is 0 Å².